The van der Waals surface area contributed by atoms with Crippen molar-refractivity contribution < 1.29 is 19.4 Å². The molecule has 5 nitrogen and oxygen atoms in total. The lowest BCUT2D eigenvalue weighted by Gasteiger charge is -2.13. The maximum absolute atomic E-state index is 11.6. The highest BCUT2D eigenvalue weighted by Crippen LogP contribution is 2.22. The second-order valence-electron chi connectivity index (χ2n) is 4.35. The second kappa shape index (κ2) is 5.18. The van der Waals surface area contributed by atoms with Crippen LogP contribution in [0.1, 0.15) is 12.5 Å². The topological polar surface area (TPSA) is 66.8 Å². The predicted molar refractivity (Wildman–Crippen MR) is 65.5 cm³/mol. The fourth-order valence-electron chi connectivity index (χ4n) is 1.95. The molecule has 0 spiro atoms. The first-order valence-corrected chi connectivity index (χ1v) is 5.77. The van der Waals surface area contributed by atoms with E-state index in [0.717, 1.165) is 5.56 Å². The minimum absolute atomic E-state index is 0.0735. The van der Waals surface area contributed by atoms with Gasteiger partial charge in [-0.1, -0.05) is 12.1 Å². The Morgan fingerprint density at radius 1 is 1.56 bits per heavy atom. The quantitative estimate of drug-likeness (QED) is 0.868. The minimum atomic E-state index is -0.478. The van der Waals surface area contributed by atoms with Crippen LogP contribution in [0.5, 0.6) is 0 Å². The van der Waals surface area contributed by atoms with Gasteiger partial charge in [-0.25, -0.2) is 4.79 Å². The number of hydrogen-bond acceptors (Lipinski definition) is 4. The average Bonchev–Trinajstić information content (AvgIpc) is 2.70. The molecule has 0 aliphatic carbocycles. The Balaban J connectivity index is 2.18. The van der Waals surface area contributed by atoms with Crippen LogP contribution < -0.4 is 4.90 Å². The van der Waals surface area contributed by atoms with E-state index in [1.165, 1.54) is 11.8 Å². The summed E-state index contributed by atoms with van der Waals surface area (Å²) in [6, 6.07) is 7.22. The highest BCUT2D eigenvalue weighted by molar-refractivity contribution is 5.90. The number of ether oxygens (including phenoxy) is 1. The van der Waals surface area contributed by atoms with E-state index < -0.39 is 12.2 Å². The Hall–Kier alpha value is -1.88. The number of amides is 1. The van der Waals surface area contributed by atoms with E-state index >= 15 is 0 Å². The van der Waals surface area contributed by atoms with Gasteiger partial charge in [0.1, 0.15) is 11.9 Å². The van der Waals surface area contributed by atoms with E-state index in [2.05, 4.69) is 0 Å². The van der Waals surface area contributed by atoms with Crippen LogP contribution in [-0.4, -0.2) is 36.2 Å². The summed E-state index contributed by atoms with van der Waals surface area (Å²) in [7, 11) is 0. The molecule has 1 fully saturated rings. The Morgan fingerprint density at radius 2 is 2.33 bits per heavy atom. The van der Waals surface area contributed by atoms with Crippen LogP contribution >= 0.6 is 0 Å². The predicted octanol–water partition coefficient (Wildman–Crippen LogP) is 1.14. The monoisotopic (exact) mass is 249 g/mol. The van der Waals surface area contributed by atoms with Gasteiger partial charge < -0.3 is 9.84 Å². The van der Waals surface area contributed by atoms with Crippen LogP contribution in [0.25, 0.3) is 0 Å². The van der Waals surface area contributed by atoms with Crippen molar-refractivity contribution in [1.29, 1.82) is 0 Å². The number of Topliss-reactive ketones (excluding diaryl/α,β-unsaturated/α-hetero) is 1. The van der Waals surface area contributed by atoms with Crippen molar-refractivity contribution in [3.8, 4) is 0 Å². The molecule has 1 saturated heterocycles. The van der Waals surface area contributed by atoms with Gasteiger partial charge in [0.15, 0.2) is 0 Å². The first-order valence-electron chi connectivity index (χ1n) is 5.77. The fourth-order valence-corrected chi connectivity index (χ4v) is 1.95. The first-order chi connectivity index (χ1) is 8.60. The number of ketones is 1. The number of aliphatic hydroxyl groups excluding tert-OH is 1. The van der Waals surface area contributed by atoms with Gasteiger partial charge in [-0.05, 0) is 24.6 Å². The fraction of sp³-hybridized carbons (Fsp3) is 0.385. The molecule has 5 heteroatoms. The van der Waals surface area contributed by atoms with Gasteiger partial charge in [0.05, 0.1) is 13.2 Å². The third-order valence-corrected chi connectivity index (χ3v) is 2.75. The molecule has 0 aromatic heterocycles. The molecule has 1 atom stereocenters. The number of aliphatic hydroxyl groups is 1. The number of rotatable bonds is 4. The summed E-state index contributed by atoms with van der Waals surface area (Å²) < 4.78 is 4.97. The van der Waals surface area contributed by atoms with Gasteiger partial charge in [0.25, 0.3) is 0 Å². The third-order valence-electron chi connectivity index (χ3n) is 2.75. The molecule has 2 rings (SSSR count). The number of cyclic esters (lactones) is 1. The highest BCUT2D eigenvalue weighted by Gasteiger charge is 2.31. The molecular formula is C13H15NO4. The summed E-state index contributed by atoms with van der Waals surface area (Å²) in [6.07, 6.45) is -0.594. The van der Waals surface area contributed by atoms with Crippen molar-refractivity contribution in [1.82, 2.24) is 0 Å². The van der Waals surface area contributed by atoms with Gasteiger partial charge in [-0.3, -0.25) is 9.69 Å². The summed E-state index contributed by atoms with van der Waals surface area (Å²) in [5, 5.41) is 8.97. The minimum Gasteiger partial charge on any atom is -0.441 e. The summed E-state index contributed by atoms with van der Waals surface area (Å²) >= 11 is 0. The summed E-state index contributed by atoms with van der Waals surface area (Å²) in [5.41, 5.74) is 1.55. The van der Waals surface area contributed by atoms with Crippen LogP contribution in [0.3, 0.4) is 0 Å². The summed E-state index contributed by atoms with van der Waals surface area (Å²) in [6.45, 7) is 1.67. The van der Waals surface area contributed by atoms with Gasteiger partial charge in [-0.15, -0.1) is 0 Å². The van der Waals surface area contributed by atoms with Gasteiger partial charge >= 0.3 is 6.09 Å². The maximum atomic E-state index is 11.6. The Morgan fingerprint density at radius 3 is 2.94 bits per heavy atom. The highest BCUT2D eigenvalue weighted by atomic mass is 16.6. The molecule has 1 N–H and O–H groups in total. The molecule has 1 amide bonds. The molecule has 1 aromatic carbocycles. The van der Waals surface area contributed by atoms with E-state index in [4.69, 9.17) is 9.84 Å². The third kappa shape index (κ3) is 2.68. The first kappa shape index (κ1) is 12.6. The number of hydrogen-bond donors (Lipinski definition) is 1. The van der Waals surface area contributed by atoms with Crippen LogP contribution in [-0.2, 0) is 16.0 Å². The maximum Gasteiger partial charge on any atom is 0.414 e. The van der Waals surface area contributed by atoms with Crippen molar-refractivity contribution in [2.45, 2.75) is 19.4 Å². The normalized spacial score (nSPS) is 18.9. The molecule has 18 heavy (non-hydrogen) atoms. The molecule has 0 unspecified atom stereocenters. The van der Waals surface area contributed by atoms with Crippen molar-refractivity contribution in [3.63, 3.8) is 0 Å². The van der Waals surface area contributed by atoms with Crippen LogP contribution in [0, 0.1) is 0 Å². The number of benzene rings is 1. The number of anilines is 1. The van der Waals surface area contributed by atoms with E-state index in [9.17, 15) is 9.59 Å². The average molecular weight is 249 g/mol. The van der Waals surface area contributed by atoms with Crippen LogP contribution in [0.15, 0.2) is 24.3 Å². The largest absolute Gasteiger partial charge is 0.441 e. The zero-order valence-electron chi connectivity index (χ0n) is 10.1. The zero-order valence-corrected chi connectivity index (χ0v) is 10.1. The summed E-state index contributed by atoms with van der Waals surface area (Å²) in [5.74, 6) is 0.0735. The van der Waals surface area contributed by atoms with Crippen molar-refractivity contribution in [2.24, 2.45) is 0 Å². The zero-order chi connectivity index (χ0) is 13.1. The van der Waals surface area contributed by atoms with Crippen LogP contribution in [0.4, 0.5) is 10.5 Å². The molecule has 0 radical (unpaired) electrons. The van der Waals surface area contributed by atoms with Gasteiger partial charge in [0, 0.05) is 12.1 Å². The van der Waals surface area contributed by atoms with Crippen molar-refractivity contribution in [3.05, 3.63) is 29.8 Å². The molecule has 0 saturated carbocycles. The molecule has 1 aromatic rings. The number of nitrogens with zero attached hydrogens (tertiary/aromatic N) is 1. The standard InChI is InChI=1S/C13H15NO4/c1-9(16)5-10-3-2-4-11(6-10)14-7-12(8-15)18-13(14)17/h2-4,6,12,15H,5,7-8H2,1H3/t12-/m1/s1. The summed E-state index contributed by atoms with van der Waals surface area (Å²) in [4.78, 5) is 24.1. The Kier molecular flexibility index (Phi) is 3.62. The molecule has 1 aliphatic heterocycles. The van der Waals surface area contributed by atoms with Crippen molar-refractivity contribution >= 4 is 17.6 Å². The van der Waals surface area contributed by atoms with Gasteiger partial charge in [0.2, 0.25) is 0 Å². The van der Waals surface area contributed by atoms with Crippen molar-refractivity contribution in [2.75, 3.05) is 18.1 Å². The molecule has 1 aliphatic rings. The van der Waals surface area contributed by atoms with E-state index in [0.29, 0.717) is 18.7 Å². The Labute approximate surface area is 105 Å². The van der Waals surface area contributed by atoms with E-state index in [-0.39, 0.29) is 12.4 Å². The molecule has 96 valence electrons. The second-order valence-corrected chi connectivity index (χ2v) is 4.35. The van der Waals surface area contributed by atoms with Crippen LogP contribution in [0.2, 0.25) is 0 Å². The number of carbonyl (C=O) groups excluding carboxylic acids is 2. The van der Waals surface area contributed by atoms with E-state index in [1.54, 1.807) is 18.2 Å². The van der Waals surface area contributed by atoms with Gasteiger partial charge in [-0.2, -0.15) is 0 Å². The lowest BCUT2D eigenvalue weighted by Crippen LogP contribution is -2.25. The molecular weight excluding hydrogens is 234 g/mol. The smallest absolute Gasteiger partial charge is 0.414 e. The SMILES string of the molecule is CC(=O)Cc1cccc(N2C[C@H](CO)OC2=O)c1. The molecule has 0 bridgehead atoms. The molecule has 1 heterocycles. The Bertz CT molecular complexity index is 472. The lowest BCUT2D eigenvalue weighted by atomic mass is 10.1. The lowest BCUT2D eigenvalue weighted by molar-refractivity contribution is -0.116. The number of carbonyl (C=O) groups is 2. The van der Waals surface area contributed by atoms with E-state index in [1.807, 2.05) is 6.07 Å².